The molecule has 0 aliphatic carbocycles. The largest absolute Gasteiger partial charge is 0.506 e. The van der Waals surface area contributed by atoms with Crippen LogP contribution in [0.3, 0.4) is 0 Å². The van der Waals surface area contributed by atoms with Gasteiger partial charge in [0.25, 0.3) is 5.91 Å². The quantitative estimate of drug-likeness (QED) is 0.838. The monoisotopic (exact) mass is 381 g/mol. The summed E-state index contributed by atoms with van der Waals surface area (Å²) in [7, 11) is 1.54. The molecule has 1 amide bonds. The summed E-state index contributed by atoms with van der Waals surface area (Å²) in [6.45, 7) is 5.19. The van der Waals surface area contributed by atoms with Crippen molar-refractivity contribution in [3.63, 3.8) is 0 Å². The Labute approximate surface area is 163 Å². The fraction of sp³-hybridized carbons (Fsp3) is 0.273. The van der Waals surface area contributed by atoms with Crippen LogP contribution in [0.5, 0.6) is 11.5 Å². The number of nitrogens with zero attached hydrogens (tertiary/aromatic N) is 1. The highest BCUT2D eigenvalue weighted by Crippen LogP contribution is 2.45. The minimum Gasteiger partial charge on any atom is -0.506 e. The molecule has 146 valence electrons. The summed E-state index contributed by atoms with van der Waals surface area (Å²) >= 11 is 0. The van der Waals surface area contributed by atoms with E-state index in [1.54, 1.807) is 70.3 Å². The number of aliphatic hydroxyl groups excluding tert-OH is 1. The first-order valence-electron chi connectivity index (χ1n) is 8.90. The van der Waals surface area contributed by atoms with Gasteiger partial charge in [0.2, 0.25) is 0 Å². The number of amides is 1. The van der Waals surface area contributed by atoms with E-state index in [1.165, 1.54) is 11.0 Å². The Morgan fingerprint density at radius 1 is 1.04 bits per heavy atom. The molecule has 0 radical (unpaired) electrons. The number of aliphatic hydroxyl groups is 1. The van der Waals surface area contributed by atoms with Crippen molar-refractivity contribution in [2.45, 2.75) is 26.8 Å². The molecule has 1 aliphatic rings. The minimum absolute atomic E-state index is 0.0194. The van der Waals surface area contributed by atoms with Crippen molar-refractivity contribution in [3.05, 3.63) is 65.4 Å². The summed E-state index contributed by atoms with van der Waals surface area (Å²) in [5, 5.41) is 20.9. The van der Waals surface area contributed by atoms with E-state index in [4.69, 9.17) is 4.74 Å². The smallest absolute Gasteiger partial charge is 0.294 e. The van der Waals surface area contributed by atoms with Gasteiger partial charge in [-0.2, -0.15) is 0 Å². The van der Waals surface area contributed by atoms with Gasteiger partial charge >= 0.3 is 0 Å². The molecule has 2 N–H and O–H groups in total. The van der Waals surface area contributed by atoms with Crippen LogP contribution in [0.15, 0.2) is 59.9 Å². The van der Waals surface area contributed by atoms with E-state index in [9.17, 15) is 19.8 Å². The van der Waals surface area contributed by atoms with Crippen LogP contribution in [0.25, 0.3) is 0 Å². The highest BCUT2D eigenvalue weighted by molar-refractivity contribution is 6.17. The van der Waals surface area contributed by atoms with E-state index in [2.05, 4.69) is 0 Å². The van der Waals surface area contributed by atoms with Crippen LogP contribution in [0.2, 0.25) is 0 Å². The Kier molecular flexibility index (Phi) is 4.89. The lowest BCUT2D eigenvalue weighted by Crippen LogP contribution is -2.32. The number of anilines is 1. The zero-order valence-corrected chi connectivity index (χ0v) is 16.3. The normalized spacial score (nSPS) is 17.2. The Morgan fingerprint density at radius 3 is 2.18 bits per heavy atom. The van der Waals surface area contributed by atoms with Gasteiger partial charge in [0.05, 0.1) is 24.4 Å². The second-order valence-electron chi connectivity index (χ2n) is 7.68. The van der Waals surface area contributed by atoms with Crippen molar-refractivity contribution < 1.29 is 24.5 Å². The van der Waals surface area contributed by atoms with E-state index in [1.807, 2.05) is 0 Å². The second kappa shape index (κ2) is 7.03. The number of ether oxygens (including phenoxy) is 1. The maximum absolute atomic E-state index is 13.1. The number of aromatic hydroxyl groups is 1. The van der Waals surface area contributed by atoms with Crippen LogP contribution < -0.4 is 9.64 Å². The van der Waals surface area contributed by atoms with Crippen LogP contribution in [-0.2, 0) is 9.59 Å². The Bertz CT molecular complexity index is 954. The maximum Gasteiger partial charge on any atom is 0.294 e. The lowest BCUT2D eigenvalue weighted by Gasteiger charge is -2.29. The molecule has 6 heteroatoms. The maximum atomic E-state index is 13.1. The average Bonchev–Trinajstić information content (AvgIpc) is 2.92. The number of carbonyl (C=O) groups is 2. The lowest BCUT2D eigenvalue weighted by atomic mass is 9.82. The second-order valence-corrected chi connectivity index (χ2v) is 7.68. The fourth-order valence-corrected chi connectivity index (χ4v) is 3.26. The minimum atomic E-state index is -0.863. The zero-order chi connectivity index (χ0) is 20.6. The van der Waals surface area contributed by atoms with Gasteiger partial charge < -0.3 is 14.9 Å². The molecule has 0 saturated heterocycles. The highest BCUT2D eigenvalue weighted by Gasteiger charge is 2.47. The summed E-state index contributed by atoms with van der Waals surface area (Å²) in [6, 6.07) is 12.4. The molecule has 1 unspecified atom stereocenters. The van der Waals surface area contributed by atoms with Crippen LogP contribution in [0.4, 0.5) is 5.69 Å². The predicted molar refractivity (Wildman–Crippen MR) is 105 cm³/mol. The SMILES string of the molecule is COc1ccc(C2C(C(=O)C(C)(C)C)=C(O)C(=O)N2c2ccccc2O)cc1. The van der Waals surface area contributed by atoms with E-state index >= 15 is 0 Å². The topological polar surface area (TPSA) is 87.1 Å². The number of phenolic OH excluding ortho intramolecular Hbond substituents is 1. The number of carbonyl (C=O) groups excluding carboxylic acids is 2. The number of Topliss-reactive ketones (excluding diaryl/α,β-unsaturated/α-hetero) is 1. The molecule has 1 atom stereocenters. The molecule has 1 heterocycles. The number of rotatable bonds is 4. The van der Waals surface area contributed by atoms with Crippen molar-refractivity contribution in [1.29, 1.82) is 0 Å². The average molecular weight is 381 g/mol. The predicted octanol–water partition coefficient (Wildman–Crippen LogP) is 3.92. The standard InChI is InChI=1S/C22H23NO5/c1-22(2,3)20(26)17-18(13-9-11-14(28-4)12-10-13)23(21(27)19(17)25)15-7-5-6-8-16(15)24/h5-12,18,24-25H,1-4H3. The number of phenols is 1. The van der Waals surface area contributed by atoms with Gasteiger partial charge in [0, 0.05) is 5.41 Å². The van der Waals surface area contributed by atoms with Crippen LogP contribution in [0.1, 0.15) is 32.4 Å². The number of hydrogen-bond donors (Lipinski definition) is 2. The van der Waals surface area contributed by atoms with Gasteiger partial charge in [0.1, 0.15) is 11.5 Å². The first kappa shape index (κ1) is 19.5. The number of hydrogen-bond acceptors (Lipinski definition) is 5. The molecule has 0 saturated carbocycles. The molecule has 2 aromatic rings. The first-order chi connectivity index (χ1) is 13.2. The van der Waals surface area contributed by atoms with Crippen LogP contribution in [0, 0.1) is 5.41 Å². The summed E-state index contributed by atoms with van der Waals surface area (Å²) in [5.74, 6) is -1.15. The van der Waals surface area contributed by atoms with Crippen LogP contribution >= 0.6 is 0 Å². The van der Waals surface area contributed by atoms with Crippen molar-refractivity contribution >= 4 is 17.4 Å². The molecule has 0 aromatic heterocycles. The van der Waals surface area contributed by atoms with Crippen molar-refractivity contribution in [2.75, 3.05) is 12.0 Å². The first-order valence-corrected chi connectivity index (χ1v) is 8.90. The molecule has 0 fully saturated rings. The van der Waals surface area contributed by atoms with Gasteiger partial charge in [-0.3, -0.25) is 14.5 Å². The molecule has 3 rings (SSSR count). The molecule has 6 nitrogen and oxygen atoms in total. The van der Waals surface area contributed by atoms with Crippen molar-refractivity contribution in [3.8, 4) is 11.5 Å². The summed E-state index contributed by atoms with van der Waals surface area (Å²) in [4.78, 5) is 27.3. The van der Waals surface area contributed by atoms with Crippen molar-refractivity contribution in [2.24, 2.45) is 5.41 Å². The third kappa shape index (κ3) is 3.22. The van der Waals surface area contributed by atoms with Gasteiger partial charge in [-0.15, -0.1) is 0 Å². The number of methoxy groups -OCH3 is 1. The van der Waals surface area contributed by atoms with E-state index in [-0.39, 0.29) is 22.8 Å². The molecule has 2 aromatic carbocycles. The summed E-state index contributed by atoms with van der Waals surface area (Å²) in [6.07, 6.45) is 0. The number of para-hydroxylation sites is 2. The molecule has 28 heavy (non-hydrogen) atoms. The molecule has 1 aliphatic heterocycles. The van der Waals surface area contributed by atoms with E-state index in [0.717, 1.165) is 0 Å². The Balaban J connectivity index is 2.21. The summed E-state index contributed by atoms with van der Waals surface area (Å²) < 4.78 is 5.18. The Hall–Kier alpha value is -3.28. The zero-order valence-electron chi connectivity index (χ0n) is 16.3. The third-order valence-corrected chi connectivity index (χ3v) is 4.71. The Morgan fingerprint density at radius 2 is 1.64 bits per heavy atom. The fourth-order valence-electron chi connectivity index (χ4n) is 3.26. The van der Waals surface area contributed by atoms with Crippen LogP contribution in [-0.4, -0.2) is 29.0 Å². The van der Waals surface area contributed by atoms with E-state index < -0.39 is 23.1 Å². The van der Waals surface area contributed by atoms with Crippen molar-refractivity contribution in [1.82, 2.24) is 0 Å². The van der Waals surface area contributed by atoms with Gasteiger partial charge in [-0.25, -0.2) is 0 Å². The molecular formula is C22H23NO5. The molecule has 0 bridgehead atoms. The van der Waals surface area contributed by atoms with Gasteiger partial charge in [-0.1, -0.05) is 45.0 Å². The molecular weight excluding hydrogens is 358 g/mol. The van der Waals surface area contributed by atoms with E-state index in [0.29, 0.717) is 11.3 Å². The lowest BCUT2D eigenvalue weighted by molar-refractivity contribution is -0.123. The van der Waals surface area contributed by atoms with Gasteiger partial charge in [-0.05, 0) is 29.8 Å². The highest BCUT2D eigenvalue weighted by atomic mass is 16.5. The third-order valence-electron chi connectivity index (χ3n) is 4.71. The summed E-state index contributed by atoms with van der Waals surface area (Å²) in [5.41, 5.74) is 0.0554. The number of benzene rings is 2. The number of ketones is 1. The van der Waals surface area contributed by atoms with Gasteiger partial charge in [0.15, 0.2) is 11.5 Å². The molecule has 0 spiro atoms.